The van der Waals surface area contributed by atoms with Crippen LogP contribution in [0.5, 0.6) is 0 Å². The fourth-order valence-electron chi connectivity index (χ4n) is 1.52. The third-order valence-electron chi connectivity index (χ3n) is 2.35. The molecular formula is C10H4Cl2IN5S. The van der Waals surface area contributed by atoms with E-state index in [0.29, 0.717) is 32.6 Å². The maximum Gasteiger partial charge on any atom is 0.147 e. The van der Waals surface area contributed by atoms with E-state index < -0.39 is 0 Å². The van der Waals surface area contributed by atoms with Crippen molar-refractivity contribution in [3.05, 3.63) is 32.2 Å². The van der Waals surface area contributed by atoms with Gasteiger partial charge in [-0.05, 0) is 28.7 Å². The monoisotopic (exact) mass is 423 g/mol. The highest BCUT2D eigenvalue weighted by atomic mass is 127. The molecule has 3 rings (SSSR count). The summed E-state index contributed by atoms with van der Waals surface area (Å²) in [7, 11) is 0. The van der Waals surface area contributed by atoms with E-state index in [-0.39, 0.29) is 0 Å². The molecule has 3 aromatic rings. The minimum atomic E-state index is 0.472. The normalized spacial score (nSPS) is 10.9. The van der Waals surface area contributed by atoms with Crippen LogP contribution in [0.3, 0.4) is 0 Å². The molecule has 0 fully saturated rings. The molecule has 0 aliphatic carbocycles. The highest BCUT2D eigenvalue weighted by molar-refractivity contribution is 14.1. The second-order valence-corrected chi connectivity index (χ2v) is 6.03. The first kappa shape index (κ1) is 13.2. The number of anilines is 2. The third-order valence-corrected chi connectivity index (χ3v) is 4.26. The summed E-state index contributed by atoms with van der Waals surface area (Å²) < 4.78 is 9.25. The van der Waals surface area contributed by atoms with Crippen molar-refractivity contribution in [1.82, 2.24) is 18.7 Å². The third kappa shape index (κ3) is 2.47. The van der Waals surface area contributed by atoms with Gasteiger partial charge in [0.05, 0.1) is 31.0 Å². The highest BCUT2D eigenvalue weighted by Gasteiger charge is 2.15. The number of benzene rings is 1. The summed E-state index contributed by atoms with van der Waals surface area (Å²) in [6.45, 7) is 0. The molecule has 0 spiro atoms. The van der Waals surface area contributed by atoms with Crippen LogP contribution in [0.15, 0.2) is 18.6 Å². The van der Waals surface area contributed by atoms with Gasteiger partial charge in [0.15, 0.2) is 0 Å². The lowest BCUT2D eigenvalue weighted by molar-refractivity contribution is 1.15. The Bertz CT molecular complexity index is 763. The molecule has 0 saturated heterocycles. The fraction of sp³-hybridized carbons (Fsp3) is 0. The zero-order chi connectivity index (χ0) is 13.4. The zero-order valence-electron chi connectivity index (χ0n) is 9.06. The highest BCUT2D eigenvalue weighted by Crippen LogP contribution is 2.36. The van der Waals surface area contributed by atoms with Crippen LogP contribution in [0.25, 0.3) is 11.0 Å². The lowest BCUT2D eigenvalue weighted by Crippen LogP contribution is -1.98. The van der Waals surface area contributed by atoms with E-state index in [0.717, 1.165) is 15.3 Å². The number of hydrogen-bond acceptors (Lipinski definition) is 6. The van der Waals surface area contributed by atoms with E-state index in [9.17, 15) is 0 Å². The van der Waals surface area contributed by atoms with E-state index in [1.54, 1.807) is 12.3 Å². The van der Waals surface area contributed by atoms with Crippen molar-refractivity contribution < 1.29 is 0 Å². The molecule has 1 N–H and O–H groups in total. The molecule has 0 unspecified atom stereocenters. The second kappa shape index (κ2) is 5.31. The van der Waals surface area contributed by atoms with E-state index in [1.165, 1.54) is 6.33 Å². The van der Waals surface area contributed by atoms with E-state index in [4.69, 9.17) is 23.2 Å². The van der Waals surface area contributed by atoms with E-state index in [2.05, 4.69) is 46.6 Å². The molecule has 0 radical (unpaired) electrons. The molecule has 19 heavy (non-hydrogen) atoms. The van der Waals surface area contributed by atoms with Crippen molar-refractivity contribution in [1.29, 1.82) is 0 Å². The van der Waals surface area contributed by atoms with Crippen LogP contribution in [0.2, 0.25) is 10.0 Å². The van der Waals surface area contributed by atoms with Gasteiger partial charge >= 0.3 is 0 Å². The van der Waals surface area contributed by atoms with Crippen LogP contribution in [-0.4, -0.2) is 18.7 Å². The van der Waals surface area contributed by atoms with Gasteiger partial charge in [0.1, 0.15) is 23.2 Å². The number of nitrogens with zero attached hydrogens (tertiary/aromatic N) is 4. The van der Waals surface area contributed by atoms with E-state index in [1.807, 2.05) is 0 Å². The molecule has 96 valence electrons. The second-order valence-electron chi connectivity index (χ2n) is 3.52. The number of rotatable bonds is 2. The van der Waals surface area contributed by atoms with Gasteiger partial charge in [-0.1, -0.05) is 23.2 Å². The van der Waals surface area contributed by atoms with Crippen molar-refractivity contribution >= 4 is 80.1 Å². The maximum absolute atomic E-state index is 6.21. The Morgan fingerprint density at radius 2 is 1.95 bits per heavy atom. The molecule has 5 nitrogen and oxygen atoms in total. The first-order valence-corrected chi connectivity index (χ1v) is 7.56. The summed E-state index contributed by atoms with van der Waals surface area (Å²) in [6.07, 6.45) is 3.17. The molecular weight excluding hydrogens is 420 g/mol. The summed E-state index contributed by atoms with van der Waals surface area (Å²) in [5, 5.41) is 4.11. The van der Waals surface area contributed by atoms with Gasteiger partial charge in [0.2, 0.25) is 0 Å². The molecule has 0 atom stereocenters. The largest absolute Gasteiger partial charge is 0.336 e. The van der Waals surface area contributed by atoms with Crippen molar-refractivity contribution in [2.24, 2.45) is 0 Å². The summed E-state index contributed by atoms with van der Waals surface area (Å²) in [6, 6.07) is 1.64. The summed E-state index contributed by atoms with van der Waals surface area (Å²) in [4.78, 5) is 8.10. The molecule has 0 saturated carbocycles. The average molecular weight is 424 g/mol. The van der Waals surface area contributed by atoms with Crippen LogP contribution >= 0.6 is 57.5 Å². The summed E-state index contributed by atoms with van der Waals surface area (Å²) in [5.41, 5.74) is 1.91. The van der Waals surface area contributed by atoms with Crippen LogP contribution in [0.4, 0.5) is 11.5 Å². The van der Waals surface area contributed by atoms with Crippen LogP contribution < -0.4 is 5.32 Å². The van der Waals surface area contributed by atoms with E-state index >= 15 is 0 Å². The van der Waals surface area contributed by atoms with Crippen LogP contribution in [-0.2, 0) is 0 Å². The van der Waals surface area contributed by atoms with Gasteiger partial charge in [-0.3, -0.25) is 0 Å². The Hall–Kier alpha value is -0.770. The number of fused-ring (bicyclic) bond motifs is 1. The minimum Gasteiger partial charge on any atom is -0.336 e. The first-order valence-electron chi connectivity index (χ1n) is 4.99. The molecule has 0 amide bonds. The van der Waals surface area contributed by atoms with Gasteiger partial charge in [-0.15, -0.1) is 0 Å². The predicted octanol–water partition coefficient (Wildman–Crippen LogP) is 4.14. The van der Waals surface area contributed by atoms with Gasteiger partial charge in [-0.2, -0.15) is 8.75 Å². The van der Waals surface area contributed by atoms with Gasteiger partial charge in [-0.25, -0.2) is 9.97 Å². The Morgan fingerprint density at radius 3 is 2.74 bits per heavy atom. The molecule has 0 aliphatic rings. The molecule has 1 aromatic carbocycles. The minimum absolute atomic E-state index is 0.472. The Kier molecular flexibility index (Phi) is 3.70. The SMILES string of the molecule is Clc1cc(Cl)c2nsnc2c1Nc1ncncc1I. The van der Waals surface area contributed by atoms with Gasteiger partial charge in [0.25, 0.3) is 0 Å². The molecule has 2 aromatic heterocycles. The van der Waals surface area contributed by atoms with Crippen molar-refractivity contribution in [2.75, 3.05) is 5.32 Å². The smallest absolute Gasteiger partial charge is 0.147 e. The topological polar surface area (TPSA) is 63.6 Å². The number of aromatic nitrogens is 4. The van der Waals surface area contributed by atoms with Crippen molar-refractivity contribution in [2.45, 2.75) is 0 Å². The van der Waals surface area contributed by atoms with Crippen LogP contribution in [0, 0.1) is 3.57 Å². The van der Waals surface area contributed by atoms with Crippen LogP contribution in [0.1, 0.15) is 0 Å². The molecule has 0 bridgehead atoms. The average Bonchev–Trinajstić information content (AvgIpc) is 2.86. The lowest BCUT2D eigenvalue weighted by atomic mass is 10.2. The number of hydrogen-bond donors (Lipinski definition) is 1. The Morgan fingerprint density at radius 1 is 1.16 bits per heavy atom. The molecule has 2 heterocycles. The summed E-state index contributed by atoms with van der Waals surface area (Å²) in [5.74, 6) is 0.661. The Labute approximate surface area is 135 Å². The quantitative estimate of drug-likeness (QED) is 0.627. The standard InChI is InChI=1S/C10H4Cl2IN5S/c11-4-1-5(12)8-9(18-19-17-8)7(4)16-10-6(13)2-14-3-15-10/h1-3H,(H,14,15,16). The lowest BCUT2D eigenvalue weighted by Gasteiger charge is -2.09. The number of halogens is 3. The first-order chi connectivity index (χ1) is 9.16. The summed E-state index contributed by atoms with van der Waals surface area (Å²) >= 11 is 15.5. The van der Waals surface area contributed by atoms with Crippen molar-refractivity contribution in [3.63, 3.8) is 0 Å². The predicted molar refractivity (Wildman–Crippen MR) is 85.5 cm³/mol. The zero-order valence-corrected chi connectivity index (χ0v) is 13.5. The van der Waals surface area contributed by atoms with Gasteiger partial charge in [0, 0.05) is 6.20 Å². The number of nitrogens with one attached hydrogen (secondary N) is 1. The Balaban J connectivity index is 2.16. The van der Waals surface area contributed by atoms with Crippen molar-refractivity contribution in [3.8, 4) is 0 Å². The molecule has 0 aliphatic heterocycles. The fourth-order valence-corrected chi connectivity index (χ4v) is 3.11. The maximum atomic E-state index is 6.21. The molecule has 9 heteroatoms. The van der Waals surface area contributed by atoms with Gasteiger partial charge < -0.3 is 5.32 Å².